The van der Waals surface area contributed by atoms with Gasteiger partial charge in [-0.25, -0.2) is 0 Å². The number of aromatic amines is 1. The van der Waals surface area contributed by atoms with E-state index in [-0.39, 0.29) is 0 Å². The topological polar surface area (TPSA) is 25.5 Å². The fourth-order valence-corrected chi connectivity index (χ4v) is 4.29. The van der Waals surface area contributed by atoms with Gasteiger partial charge < -0.3 is 19.7 Å². The van der Waals surface area contributed by atoms with Crippen molar-refractivity contribution in [3.63, 3.8) is 0 Å². The molecule has 4 nitrogen and oxygen atoms in total. The standard InChI is InChI=1S/C22H24N4S2/c1-24(2)17-9-7-16(8-10-17)21(27)25-11-13-26(14-12-25)22(28)19-15-23-20-6-4-3-5-18(19)20/h3-10,15,23H,11-14H2,1-2H3. The van der Waals surface area contributed by atoms with Gasteiger partial charge in [-0.1, -0.05) is 42.6 Å². The molecule has 1 N–H and O–H groups in total. The first-order chi connectivity index (χ1) is 13.5. The minimum absolute atomic E-state index is 0.883. The Morgan fingerprint density at radius 2 is 1.46 bits per heavy atom. The summed E-state index contributed by atoms with van der Waals surface area (Å²) in [6.07, 6.45) is 2.02. The van der Waals surface area contributed by atoms with Crippen molar-refractivity contribution in [3.8, 4) is 0 Å². The molecule has 0 unspecified atom stereocenters. The molecule has 0 atom stereocenters. The summed E-state index contributed by atoms with van der Waals surface area (Å²) in [7, 11) is 4.09. The molecule has 0 radical (unpaired) electrons. The average Bonchev–Trinajstić information content (AvgIpc) is 3.17. The molecule has 6 heteroatoms. The van der Waals surface area contributed by atoms with Gasteiger partial charge in [-0.15, -0.1) is 0 Å². The van der Waals surface area contributed by atoms with Crippen LogP contribution in [0.5, 0.6) is 0 Å². The van der Waals surface area contributed by atoms with Gasteiger partial charge in [0.15, 0.2) is 0 Å². The monoisotopic (exact) mass is 408 g/mol. The molecule has 1 fully saturated rings. The highest BCUT2D eigenvalue weighted by Crippen LogP contribution is 2.21. The third-order valence-electron chi connectivity index (χ3n) is 5.30. The third-order valence-corrected chi connectivity index (χ3v) is 6.28. The van der Waals surface area contributed by atoms with Crippen LogP contribution in [-0.2, 0) is 0 Å². The SMILES string of the molecule is CN(C)c1ccc(C(=S)N2CCN(C(=S)c3c[nH]c4ccccc34)CC2)cc1. The molecule has 0 saturated carbocycles. The lowest BCUT2D eigenvalue weighted by atomic mass is 10.1. The Labute approximate surface area is 176 Å². The third kappa shape index (κ3) is 3.62. The maximum Gasteiger partial charge on any atom is 0.111 e. The molecule has 0 amide bonds. The molecule has 28 heavy (non-hydrogen) atoms. The van der Waals surface area contributed by atoms with Crippen molar-refractivity contribution in [2.24, 2.45) is 0 Å². The summed E-state index contributed by atoms with van der Waals surface area (Å²) in [6, 6.07) is 16.8. The zero-order valence-corrected chi connectivity index (χ0v) is 17.8. The Bertz CT molecular complexity index is 999. The predicted octanol–water partition coefficient (Wildman–Crippen LogP) is 3.90. The van der Waals surface area contributed by atoms with Crippen LogP contribution in [0.1, 0.15) is 11.1 Å². The molecule has 2 aromatic carbocycles. The second kappa shape index (κ2) is 7.89. The highest BCUT2D eigenvalue weighted by atomic mass is 32.1. The molecular weight excluding hydrogens is 384 g/mol. The number of nitrogens with one attached hydrogen (secondary N) is 1. The minimum atomic E-state index is 0.883. The van der Waals surface area contributed by atoms with Crippen molar-refractivity contribution in [2.45, 2.75) is 0 Å². The number of hydrogen-bond donors (Lipinski definition) is 1. The average molecular weight is 409 g/mol. The molecule has 0 bridgehead atoms. The molecule has 4 rings (SSSR count). The summed E-state index contributed by atoms with van der Waals surface area (Å²) in [5.41, 5.74) is 4.52. The van der Waals surface area contributed by atoms with Crippen molar-refractivity contribution < 1.29 is 0 Å². The van der Waals surface area contributed by atoms with Crippen LogP contribution < -0.4 is 4.90 Å². The number of rotatable bonds is 3. The second-order valence-corrected chi connectivity index (χ2v) is 8.05. The molecular formula is C22H24N4S2. The highest BCUT2D eigenvalue weighted by molar-refractivity contribution is 7.81. The number of hydrogen-bond acceptors (Lipinski definition) is 3. The van der Waals surface area contributed by atoms with Crippen LogP contribution in [0, 0.1) is 0 Å². The van der Waals surface area contributed by atoms with E-state index in [1.54, 1.807) is 0 Å². The quantitative estimate of drug-likeness (QED) is 0.663. The normalized spacial score (nSPS) is 14.4. The van der Waals surface area contributed by atoms with Crippen LogP contribution in [0.15, 0.2) is 54.7 Å². The Hall–Kier alpha value is -2.44. The fraction of sp³-hybridized carbons (Fsp3) is 0.273. The van der Waals surface area contributed by atoms with E-state index in [1.165, 1.54) is 11.1 Å². The fourth-order valence-electron chi connectivity index (χ4n) is 3.62. The van der Waals surface area contributed by atoms with Crippen LogP contribution in [0.2, 0.25) is 0 Å². The van der Waals surface area contributed by atoms with Crippen molar-refractivity contribution in [2.75, 3.05) is 45.2 Å². The number of thiocarbonyl (C=S) groups is 2. The largest absolute Gasteiger partial charge is 0.378 e. The lowest BCUT2D eigenvalue weighted by molar-refractivity contribution is 0.265. The van der Waals surface area contributed by atoms with E-state index in [2.05, 4.69) is 62.1 Å². The Morgan fingerprint density at radius 3 is 2.11 bits per heavy atom. The predicted molar refractivity (Wildman–Crippen MR) is 126 cm³/mol. The van der Waals surface area contributed by atoms with Gasteiger partial charge in [-0.2, -0.15) is 0 Å². The van der Waals surface area contributed by atoms with E-state index in [1.807, 2.05) is 26.4 Å². The number of anilines is 1. The van der Waals surface area contributed by atoms with Crippen molar-refractivity contribution in [1.82, 2.24) is 14.8 Å². The van der Waals surface area contributed by atoms with Crippen LogP contribution >= 0.6 is 24.4 Å². The molecule has 144 valence electrons. The van der Waals surface area contributed by atoms with Gasteiger partial charge in [0, 0.05) is 74.2 Å². The Balaban J connectivity index is 1.41. The van der Waals surface area contributed by atoms with Gasteiger partial charge in [0.25, 0.3) is 0 Å². The molecule has 3 aromatic rings. The molecule has 1 saturated heterocycles. The Kier molecular flexibility index (Phi) is 5.33. The summed E-state index contributed by atoms with van der Waals surface area (Å²) in [4.78, 5) is 11.8. The molecule has 2 heterocycles. The maximum atomic E-state index is 5.81. The van der Waals surface area contributed by atoms with E-state index in [0.29, 0.717) is 0 Å². The first-order valence-corrected chi connectivity index (χ1v) is 10.3. The zero-order valence-electron chi connectivity index (χ0n) is 16.2. The second-order valence-electron chi connectivity index (χ2n) is 7.27. The van der Waals surface area contributed by atoms with Gasteiger partial charge in [-0.05, 0) is 30.3 Å². The van der Waals surface area contributed by atoms with Crippen molar-refractivity contribution >= 4 is 51.0 Å². The van der Waals surface area contributed by atoms with E-state index in [9.17, 15) is 0 Å². The minimum Gasteiger partial charge on any atom is -0.378 e. The molecule has 1 aliphatic heterocycles. The number of benzene rings is 2. The smallest absolute Gasteiger partial charge is 0.111 e. The number of piperazine rings is 1. The molecule has 1 aliphatic rings. The van der Waals surface area contributed by atoms with Gasteiger partial charge in [-0.3, -0.25) is 0 Å². The van der Waals surface area contributed by atoms with Crippen LogP contribution in [0.25, 0.3) is 10.9 Å². The summed E-state index contributed by atoms with van der Waals surface area (Å²) in [6.45, 7) is 3.54. The number of H-pyrrole nitrogens is 1. The molecule has 1 aromatic heterocycles. The van der Waals surface area contributed by atoms with Crippen LogP contribution in [-0.4, -0.2) is 65.0 Å². The molecule has 0 spiro atoms. The summed E-state index contributed by atoms with van der Waals surface area (Å²) >= 11 is 11.6. The van der Waals surface area contributed by atoms with E-state index in [0.717, 1.165) is 52.8 Å². The van der Waals surface area contributed by atoms with Crippen LogP contribution in [0.3, 0.4) is 0 Å². The summed E-state index contributed by atoms with van der Waals surface area (Å²) in [5.74, 6) is 0. The number of para-hydroxylation sites is 1. The van der Waals surface area contributed by atoms with E-state index >= 15 is 0 Å². The first kappa shape index (κ1) is 18.9. The number of aromatic nitrogens is 1. The van der Waals surface area contributed by atoms with Crippen LogP contribution in [0.4, 0.5) is 5.69 Å². The number of nitrogens with zero attached hydrogens (tertiary/aromatic N) is 3. The first-order valence-electron chi connectivity index (χ1n) is 9.46. The summed E-state index contributed by atoms with van der Waals surface area (Å²) < 4.78 is 0. The Morgan fingerprint density at radius 1 is 0.857 bits per heavy atom. The van der Waals surface area contributed by atoms with Gasteiger partial charge in [0.1, 0.15) is 9.98 Å². The zero-order chi connectivity index (χ0) is 19.7. The van der Waals surface area contributed by atoms with E-state index in [4.69, 9.17) is 24.4 Å². The lowest BCUT2D eigenvalue weighted by Crippen LogP contribution is -2.50. The van der Waals surface area contributed by atoms with E-state index < -0.39 is 0 Å². The van der Waals surface area contributed by atoms with Gasteiger partial charge in [0.2, 0.25) is 0 Å². The van der Waals surface area contributed by atoms with Crippen molar-refractivity contribution in [1.29, 1.82) is 0 Å². The molecule has 0 aliphatic carbocycles. The lowest BCUT2D eigenvalue weighted by Gasteiger charge is -2.37. The van der Waals surface area contributed by atoms with Crippen molar-refractivity contribution in [3.05, 3.63) is 65.9 Å². The summed E-state index contributed by atoms with van der Waals surface area (Å²) in [5, 5.41) is 1.19. The van der Waals surface area contributed by atoms with Gasteiger partial charge in [0.05, 0.1) is 0 Å². The van der Waals surface area contributed by atoms with Gasteiger partial charge >= 0.3 is 0 Å². The highest BCUT2D eigenvalue weighted by Gasteiger charge is 2.23. The number of fused-ring (bicyclic) bond motifs is 1. The maximum absolute atomic E-state index is 5.81.